The standard InChI is InChI=1S/C19H27N5O/c25-19(21-15-9-11-24(13-15)12-14-7-8-14)20-10-3-6-18-22-16-4-1-2-5-17(16)23-18/h1-2,4-5,14-15H,3,6-13H2,(H,22,23)(H2,20,21,25)/t15-/m1/s1. The van der Waals surface area contributed by atoms with Crippen LogP contribution < -0.4 is 10.6 Å². The lowest BCUT2D eigenvalue weighted by Gasteiger charge is -2.16. The molecule has 0 unspecified atom stereocenters. The van der Waals surface area contributed by atoms with E-state index in [9.17, 15) is 4.79 Å². The van der Waals surface area contributed by atoms with Crippen molar-refractivity contribution in [3.63, 3.8) is 0 Å². The number of aromatic nitrogens is 2. The Hall–Kier alpha value is -2.08. The van der Waals surface area contributed by atoms with E-state index in [2.05, 4.69) is 25.5 Å². The van der Waals surface area contributed by atoms with Crippen LogP contribution in [0.4, 0.5) is 4.79 Å². The first-order valence-electron chi connectivity index (χ1n) is 9.46. The Balaban J connectivity index is 1.13. The van der Waals surface area contributed by atoms with Crippen molar-refractivity contribution in [1.82, 2.24) is 25.5 Å². The van der Waals surface area contributed by atoms with Crippen LogP contribution in [-0.2, 0) is 6.42 Å². The quantitative estimate of drug-likeness (QED) is 0.677. The molecule has 0 radical (unpaired) electrons. The zero-order valence-electron chi connectivity index (χ0n) is 14.6. The van der Waals surface area contributed by atoms with Gasteiger partial charge < -0.3 is 20.5 Å². The Morgan fingerprint density at radius 2 is 2.16 bits per heavy atom. The number of imidazole rings is 1. The van der Waals surface area contributed by atoms with Gasteiger partial charge in [-0.15, -0.1) is 0 Å². The maximum atomic E-state index is 12.0. The highest BCUT2D eigenvalue weighted by atomic mass is 16.2. The third-order valence-corrected chi connectivity index (χ3v) is 5.14. The third kappa shape index (κ3) is 4.51. The molecular formula is C19H27N5O. The summed E-state index contributed by atoms with van der Waals surface area (Å²) in [5.74, 6) is 1.90. The maximum absolute atomic E-state index is 12.0. The SMILES string of the molecule is O=C(NCCCc1nc2ccccc2[nH]1)N[C@@H]1CCN(CC2CC2)C1. The number of nitrogens with zero attached hydrogens (tertiary/aromatic N) is 2. The zero-order chi connectivity index (χ0) is 17.1. The van der Waals surface area contributed by atoms with Gasteiger partial charge in [-0.25, -0.2) is 9.78 Å². The largest absolute Gasteiger partial charge is 0.342 e. The number of nitrogens with one attached hydrogen (secondary N) is 3. The first-order chi connectivity index (χ1) is 12.3. The van der Waals surface area contributed by atoms with Crippen molar-refractivity contribution in [3.05, 3.63) is 30.1 Å². The van der Waals surface area contributed by atoms with Crippen LogP contribution in [-0.4, -0.2) is 53.1 Å². The van der Waals surface area contributed by atoms with Gasteiger partial charge in [0.15, 0.2) is 0 Å². The molecule has 4 rings (SSSR count). The van der Waals surface area contributed by atoms with Crippen LogP contribution in [0.3, 0.4) is 0 Å². The van der Waals surface area contributed by atoms with Gasteiger partial charge in [-0.1, -0.05) is 12.1 Å². The molecule has 6 nitrogen and oxygen atoms in total. The molecule has 1 atom stereocenters. The van der Waals surface area contributed by atoms with E-state index in [1.165, 1.54) is 19.4 Å². The van der Waals surface area contributed by atoms with Gasteiger partial charge in [0.1, 0.15) is 5.82 Å². The number of hydrogen-bond acceptors (Lipinski definition) is 3. The molecule has 25 heavy (non-hydrogen) atoms. The van der Waals surface area contributed by atoms with Gasteiger partial charge in [0, 0.05) is 38.6 Å². The summed E-state index contributed by atoms with van der Waals surface area (Å²) in [6.45, 7) is 4.01. The minimum absolute atomic E-state index is 0.0390. The van der Waals surface area contributed by atoms with Gasteiger partial charge in [0.05, 0.1) is 11.0 Å². The van der Waals surface area contributed by atoms with Crippen molar-refractivity contribution in [3.8, 4) is 0 Å². The Kier molecular flexibility index (Phi) is 4.88. The number of H-pyrrole nitrogens is 1. The van der Waals surface area contributed by atoms with Gasteiger partial charge in [0.25, 0.3) is 0 Å². The van der Waals surface area contributed by atoms with Crippen molar-refractivity contribution in [2.45, 2.75) is 38.1 Å². The Morgan fingerprint density at radius 3 is 3.00 bits per heavy atom. The number of amides is 2. The number of carbonyl (C=O) groups is 1. The Morgan fingerprint density at radius 1 is 1.28 bits per heavy atom. The fourth-order valence-electron chi connectivity index (χ4n) is 3.60. The second-order valence-corrected chi connectivity index (χ2v) is 7.39. The number of para-hydroxylation sites is 2. The third-order valence-electron chi connectivity index (χ3n) is 5.14. The van der Waals surface area contributed by atoms with Crippen LogP contribution in [0.2, 0.25) is 0 Å². The average molecular weight is 341 g/mol. The van der Waals surface area contributed by atoms with Crippen LogP contribution >= 0.6 is 0 Å². The molecule has 2 aromatic rings. The van der Waals surface area contributed by atoms with E-state index in [1.807, 2.05) is 24.3 Å². The highest BCUT2D eigenvalue weighted by Crippen LogP contribution is 2.30. The molecule has 1 saturated carbocycles. The summed E-state index contributed by atoms with van der Waals surface area (Å²) in [7, 11) is 0. The molecule has 3 N–H and O–H groups in total. The van der Waals surface area contributed by atoms with Crippen molar-refractivity contribution in [1.29, 1.82) is 0 Å². The number of aryl methyl sites for hydroxylation is 1. The lowest BCUT2D eigenvalue weighted by Crippen LogP contribution is -2.43. The number of benzene rings is 1. The molecule has 1 aromatic heterocycles. The highest BCUT2D eigenvalue weighted by molar-refractivity contribution is 5.75. The number of hydrogen-bond donors (Lipinski definition) is 3. The van der Waals surface area contributed by atoms with Crippen LogP contribution in [0.25, 0.3) is 11.0 Å². The second-order valence-electron chi connectivity index (χ2n) is 7.39. The average Bonchev–Trinajstić information content (AvgIpc) is 3.15. The molecule has 1 saturated heterocycles. The number of likely N-dealkylation sites (tertiary alicyclic amines) is 1. The number of carbonyl (C=O) groups excluding carboxylic acids is 1. The molecule has 1 aliphatic heterocycles. The Bertz CT molecular complexity index is 690. The number of urea groups is 1. The molecule has 2 heterocycles. The number of fused-ring (bicyclic) bond motifs is 1. The summed E-state index contributed by atoms with van der Waals surface area (Å²) in [5, 5.41) is 6.08. The molecule has 2 fully saturated rings. The molecular weight excluding hydrogens is 314 g/mol. The van der Waals surface area contributed by atoms with Crippen LogP contribution in [0, 0.1) is 5.92 Å². The maximum Gasteiger partial charge on any atom is 0.315 e. The van der Waals surface area contributed by atoms with E-state index in [4.69, 9.17) is 0 Å². The highest BCUT2D eigenvalue weighted by Gasteiger charge is 2.29. The summed E-state index contributed by atoms with van der Waals surface area (Å²) in [4.78, 5) is 22.4. The van der Waals surface area contributed by atoms with Gasteiger partial charge in [-0.2, -0.15) is 0 Å². The number of aromatic amines is 1. The summed E-state index contributed by atoms with van der Waals surface area (Å²) in [6.07, 6.45) is 5.57. The Labute approximate surface area is 148 Å². The monoisotopic (exact) mass is 341 g/mol. The fourth-order valence-corrected chi connectivity index (χ4v) is 3.60. The van der Waals surface area contributed by atoms with Gasteiger partial charge in [-0.05, 0) is 43.7 Å². The van der Waals surface area contributed by atoms with Crippen LogP contribution in [0.5, 0.6) is 0 Å². The molecule has 2 amide bonds. The minimum Gasteiger partial charge on any atom is -0.342 e. The first-order valence-corrected chi connectivity index (χ1v) is 9.46. The summed E-state index contributed by atoms with van der Waals surface area (Å²) in [5.41, 5.74) is 2.07. The van der Waals surface area contributed by atoms with Crippen molar-refractivity contribution >= 4 is 17.1 Å². The fraction of sp³-hybridized carbons (Fsp3) is 0.579. The van der Waals surface area contributed by atoms with Crippen LogP contribution in [0.1, 0.15) is 31.5 Å². The van der Waals surface area contributed by atoms with E-state index in [0.717, 1.165) is 55.1 Å². The first kappa shape index (κ1) is 16.4. The lowest BCUT2D eigenvalue weighted by atomic mass is 10.2. The summed E-state index contributed by atoms with van der Waals surface area (Å²) >= 11 is 0. The van der Waals surface area contributed by atoms with E-state index in [1.54, 1.807) is 0 Å². The van der Waals surface area contributed by atoms with Gasteiger partial charge in [0.2, 0.25) is 0 Å². The summed E-state index contributed by atoms with van der Waals surface area (Å²) in [6, 6.07) is 8.30. The van der Waals surface area contributed by atoms with E-state index < -0.39 is 0 Å². The zero-order valence-corrected chi connectivity index (χ0v) is 14.6. The van der Waals surface area contributed by atoms with E-state index in [0.29, 0.717) is 12.6 Å². The normalized spacial score (nSPS) is 20.9. The van der Waals surface area contributed by atoms with E-state index >= 15 is 0 Å². The lowest BCUT2D eigenvalue weighted by molar-refractivity contribution is 0.236. The van der Waals surface area contributed by atoms with Crippen molar-refractivity contribution in [2.24, 2.45) is 5.92 Å². The van der Waals surface area contributed by atoms with Crippen molar-refractivity contribution in [2.75, 3.05) is 26.2 Å². The minimum atomic E-state index is -0.0390. The van der Waals surface area contributed by atoms with Crippen LogP contribution in [0.15, 0.2) is 24.3 Å². The smallest absolute Gasteiger partial charge is 0.315 e. The second kappa shape index (κ2) is 7.44. The van der Waals surface area contributed by atoms with E-state index in [-0.39, 0.29) is 6.03 Å². The molecule has 1 aromatic carbocycles. The van der Waals surface area contributed by atoms with Gasteiger partial charge >= 0.3 is 6.03 Å². The van der Waals surface area contributed by atoms with Crippen molar-refractivity contribution < 1.29 is 4.79 Å². The van der Waals surface area contributed by atoms with Gasteiger partial charge in [-0.3, -0.25) is 0 Å². The topological polar surface area (TPSA) is 73.0 Å². The molecule has 1 aliphatic carbocycles. The number of rotatable bonds is 7. The predicted octanol–water partition coefficient (Wildman–Crippen LogP) is 2.28. The predicted molar refractivity (Wildman–Crippen MR) is 98.5 cm³/mol. The molecule has 0 spiro atoms. The molecule has 0 bridgehead atoms. The summed E-state index contributed by atoms with van der Waals surface area (Å²) < 4.78 is 0. The molecule has 134 valence electrons. The molecule has 2 aliphatic rings. The molecule has 6 heteroatoms.